The van der Waals surface area contributed by atoms with Crippen LogP contribution in [-0.2, 0) is 16.1 Å². The third-order valence-corrected chi connectivity index (χ3v) is 7.83. The first-order chi connectivity index (χ1) is 13.4. The Hall–Kier alpha value is -1.55. The molecule has 150 valence electrons. The Balaban J connectivity index is 1.22. The maximum atomic E-state index is 13.0. The number of ether oxygens (including phenoxy) is 1. The third kappa shape index (κ3) is 3.24. The number of amides is 1. The monoisotopic (exact) mass is 401 g/mol. The number of esters is 1. The predicted molar refractivity (Wildman–Crippen MR) is 107 cm³/mol. The Kier molecular flexibility index (Phi) is 4.46. The Bertz CT molecular complexity index is 770. The smallest absolute Gasteiger partial charge is 0.312 e. The van der Waals surface area contributed by atoms with Crippen molar-refractivity contribution in [2.75, 3.05) is 13.1 Å². The van der Waals surface area contributed by atoms with Crippen LogP contribution in [0, 0.1) is 17.3 Å². The first kappa shape index (κ1) is 18.5. The summed E-state index contributed by atoms with van der Waals surface area (Å²) >= 11 is 6.84. The van der Waals surface area contributed by atoms with Crippen molar-refractivity contribution in [2.24, 2.45) is 17.3 Å². The van der Waals surface area contributed by atoms with Crippen LogP contribution in [0.15, 0.2) is 24.3 Å². The van der Waals surface area contributed by atoms with Crippen molar-refractivity contribution >= 4 is 23.5 Å². The average Bonchev–Trinajstić information content (AvgIpc) is 3.18. The summed E-state index contributed by atoms with van der Waals surface area (Å²) in [6.45, 7) is 1.97. The van der Waals surface area contributed by atoms with Gasteiger partial charge in [0.05, 0.1) is 5.41 Å². The van der Waals surface area contributed by atoms with Crippen LogP contribution in [0.1, 0.15) is 67.3 Å². The molecule has 0 spiro atoms. The van der Waals surface area contributed by atoms with Gasteiger partial charge in [0, 0.05) is 23.5 Å². The summed E-state index contributed by atoms with van der Waals surface area (Å²) in [5.41, 5.74) is 1.27. The van der Waals surface area contributed by atoms with E-state index in [1.807, 2.05) is 29.2 Å². The normalized spacial score (nSPS) is 36.0. The van der Waals surface area contributed by atoms with Gasteiger partial charge in [0.15, 0.2) is 0 Å². The molecular weight excluding hydrogens is 374 g/mol. The molecule has 4 aliphatic carbocycles. The molecule has 1 heterocycles. The number of nitrogens with zero attached hydrogens (tertiary/aromatic N) is 1. The van der Waals surface area contributed by atoms with E-state index >= 15 is 0 Å². The fourth-order valence-corrected chi connectivity index (χ4v) is 7.23. The molecule has 1 saturated heterocycles. The van der Waals surface area contributed by atoms with Crippen molar-refractivity contribution in [2.45, 2.75) is 62.8 Å². The first-order valence-corrected chi connectivity index (χ1v) is 11.1. The molecule has 0 N–H and O–H groups in total. The van der Waals surface area contributed by atoms with Crippen molar-refractivity contribution in [1.29, 1.82) is 0 Å². The maximum Gasteiger partial charge on any atom is 0.312 e. The molecule has 0 aromatic heterocycles. The molecule has 4 bridgehead atoms. The van der Waals surface area contributed by atoms with Crippen LogP contribution in [0.4, 0.5) is 0 Å². The number of carbonyl (C=O) groups is 2. The molecule has 4 saturated carbocycles. The van der Waals surface area contributed by atoms with Crippen molar-refractivity contribution in [3.63, 3.8) is 0 Å². The van der Waals surface area contributed by atoms with Crippen LogP contribution in [0.2, 0.25) is 0 Å². The SMILES string of the molecule is O=C(c1ccc(COC(=O)C23CC4CC(CC(Cl)(C4)C2)C3)cc1)N1CCCC1. The second kappa shape index (κ2) is 6.76. The Morgan fingerprint density at radius 3 is 2.29 bits per heavy atom. The van der Waals surface area contributed by atoms with Crippen LogP contribution in [-0.4, -0.2) is 34.7 Å². The van der Waals surface area contributed by atoms with Crippen LogP contribution in [0.3, 0.4) is 0 Å². The Morgan fingerprint density at radius 2 is 1.68 bits per heavy atom. The van der Waals surface area contributed by atoms with Gasteiger partial charge in [0.1, 0.15) is 6.61 Å². The molecule has 1 aliphatic heterocycles. The van der Waals surface area contributed by atoms with Gasteiger partial charge in [-0.05, 0) is 80.9 Å². The standard InChI is InChI=1S/C23H28ClNO3/c24-23-12-17-9-18(13-23)11-22(10-17,15-23)21(27)28-14-16-3-5-19(6-4-16)20(26)25-7-1-2-8-25/h3-6,17-18H,1-2,7-15H2. The van der Waals surface area contributed by atoms with Crippen LogP contribution in [0.25, 0.3) is 0 Å². The highest BCUT2D eigenvalue weighted by Crippen LogP contribution is 2.64. The van der Waals surface area contributed by atoms with E-state index in [4.69, 9.17) is 16.3 Å². The number of halogens is 1. The minimum Gasteiger partial charge on any atom is -0.460 e. The number of alkyl halides is 1. The van der Waals surface area contributed by atoms with E-state index < -0.39 is 0 Å². The molecule has 5 fully saturated rings. The minimum absolute atomic E-state index is 0.0659. The van der Waals surface area contributed by atoms with Gasteiger partial charge in [0.25, 0.3) is 5.91 Å². The van der Waals surface area contributed by atoms with E-state index in [9.17, 15) is 9.59 Å². The second-order valence-electron chi connectivity index (χ2n) is 9.66. The molecule has 28 heavy (non-hydrogen) atoms. The highest BCUT2D eigenvalue weighted by molar-refractivity contribution is 6.24. The van der Waals surface area contributed by atoms with Crippen molar-refractivity contribution in [1.82, 2.24) is 4.90 Å². The number of hydrogen-bond donors (Lipinski definition) is 0. The van der Waals surface area contributed by atoms with E-state index in [0.717, 1.165) is 63.6 Å². The molecule has 5 heteroatoms. The molecule has 1 amide bonds. The summed E-state index contributed by atoms with van der Waals surface area (Å²) in [7, 11) is 0. The van der Waals surface area contributed by atoms with Gasteiger partial charge in [-0.1, -0.05) is 12.1 Å². The van der Waals surface area contributed by atoms with E-state index in [1.165, 1.54) is 6.42 Å². The number of likely N-dealkylation sites (tertiary alicyclic amines) is 1. The lowest BCUT2D eigenvalue weighted by molar-refractivity contribution is -0.171. The van der Waals surface area contributed by atoms with Gasteiger partial charge >= 0.3 is 5.97 Å². The molecule has 4 nitrogen and oxygen atoms in total. The third-order valence-electron chi connectivity index (χ3n) is 7.39. The summed E-state index contributed by atoms with van der Waals surface area (Å²) in [5, 5.41) is 0. The summed E-state index contributed by atoms with van der Waals surface area (Å²) in [6.07, 6.45) is 8.20. The van der Waals surface area contributed by atoms with E-state index in [1.54, 1.807) is 0 Å². The number of rotatable bonds is 4. The van der Waals surface area contributed by atoms with E-state index in [-0.39, 0.29) is 28.8 Å². The van der Waals surface area contributed by atoms with Crippen molar-refractivity contribution in [3.05, 3.63) is 35.4 Å². The van der Waals surface area contributed by atoms with Gasteiger partial charge in [-0.2, -0.15) is 0 Å². The zero-order valence-electron chi connectivity index (χ0n) is 16.3. The molecule has 0 radical (unpaired) electrons. The summed E-state index contributed by atoms with van der Waals surface area (Å²) in [6, 6.07) is 7.50. The molecule has 1 aromatic rings. The average molecular weight is 402 g/mol. The minimum atomic E-state index is -0.364. The summed E-state index contributed by atoms with van der Waals surface area (Å²) in [4.78, 5) is 27.2. The highest BCUT2D eigenvalue weighted by atomic mass is 35.5. The Labute approximate surface area is 171 Å². The highest BCUT2D eigenvalue weighted by Gasteiger charge is 2.60. The number of benzene rings is 1. The first-order valence-electron chi connectivity index (χ1n) is 10.7. The van der Waals surface area contributed by atoms with Crippen LogP contribution in [0.5, 0.6) is 0 Å². The Morgan fingerprint density at radius 1 is 1.04 bits per heavy atom. The lowest BCUT2D eigenvalue weighted by atomic mass is 9.49. The van der Waals surface area contributed by atoms with Gasteiger partial charge in [0.2, 0.25) is 0 Å². The maximum absolute atomic E-state index is 13.0. The van der Waals surface area contributed by atoms with Crippen LogP contribution >= 0.6 is 11.6 Å². The predicted octanol–water partition coefficient (Wildman–Crippen LogP) is 4.54. The molecule has 1 aromatic carbocycles. The molecule has 6 rings (SSSR count). The number of hydrogen-bond acceptors (Lipinski definition) is 3. The zero-order valence-corrected chi connectivity index (χ0v) is 17.0. The molecule has 5 aliphatic rings. The number of carbonyl (C=O) groups excluding carboxylic acids is 2. The van der Waals surface area contributed by atoms with Crippen LogP contribution < -0.4 is 0 Å². The quantitative estimate of drug-likeness (QED) is 0.549. The topological polar surface area (TPSA) is 46.6 Å². The van der Waals surface area contributed by atoms with Crippen molar-refractivity contribution in [3.8, 4) is 0 Å². The summed E-state index contributed by atoms with van der Waals surface area (Å²) in [5.74, 6) is 1.20. The lowest BCUT2D eigenvalue weighted by Crippen LogP contribution is -2.56. The largest absolute Gasteiger partial charge is 0.460 e. The summed E-state index contributed by atoms with van der Waals surface area (Å²) < 4.78 is 5.77. The second-order valence-corrected chi connectivity index (χ2v) is 10.5. The van der Waals surface area contributed by atoms with E-state index in [2.05, 4.69) is 0 Å². The molecule has 2 unspecified atom stereocenters. The van der Waals surface area contributed by atoms with E-state index in [0.29, 0.717) is 17.4 Å². The van der Waals surface area contributed by atoms with Gasteiger partial charge in [-0.15, -0.1) is 11.6 Å². The molecule has 2 atom stereocenters. The fraction of sp³-hybridized carbons (Fsp3) is 0.652. The van der Waals surface area contributed by atoms with Gasteiger partial charge in [-0.25, -0.2) is 0 Å². The van der Waals surface area contributed by atoms with Crippen molar-refractivity contribution < 1.29 is 14.3 Å². The van der Waals surface area contributed by atoms with Gasteiger partial charge in [-0.3, -0.25) is 9.59 Å². The molecular formula is C23H28ClNO3. The van der Waals surface area contributed by atoms with Gasteiger partial charge < -0.3 is 9.64 Å². The fourth-order valence-electron chi connectivity index (χ4n) is 6.54. The zero-order chi connectivity index (χ0) is 19.4. The lowest BCUT2D eigenvalue weighted by Gasteiger charge is -2.58.